The van der Waals surface area contributed by atoms with E-state index < -0.39 is 0 Å². The second-order valence-corrected chi connectivity index (χ2v) is 5.50. The third-order valence-corrected chi connectivity index (χ3v) is 4.28. The van der Waals surface area contributed by atoms with E-state index in [0.29, 0.717) is 5.92 Å². The summed E-state index contributed by atoms with van der Waals surface area (Å²) in [7, 11) is 0. The number of aromatic nitrogens is 3. The lowest BCUT2D eigenvalue weighted by Gasteiger charge is -2.21. The molecular formula is C16H17N3O. The Hall–Kier alpha value is -2.10. The summed E-state index contributed by atoms with van der Waals surface area (Å²) in [6.45, 7) is 0. The van der Waals surface area contributed by atoms with E-state index >= 15 is 0 Å². The van der Waals surface area contributed by atoms with Gasteiger partial charge in [-0.1, -0.05) is 19.3 Å². The molecule has 0 saturated heterocycles. The van der Waals surface area contributed by atoms with E-state index in [1.165, 1.54) is 37.8 Å². The second kappa shape index (κ2) is 4.78. The van der Waals surface area contributed by atoms with Crippen LogP contribution in [0, 0.1) is 0 Å². The van der Waals surface area contributed by atoms with Gasteiger partial charge in [0.2, 0.25) is 0 Å². The Bertz CT molecular complexity index is 708. The van der Waals surface area contributed by atoms with Gasteiger partial charge >= 0.3 is 0 Å². The number of hydrogen-bond donors (Lipinski definition) is 1. The number of furan rings is 1. The smallest absolute Gasteiger partial charge is 0.141 e. The number of H-pyrrole nitrogens is 1. The molecule has 20 heavy (non-hydrogen) atoms. The van der Waals surface area contributed by atoms with Gasteiger partial charge in [0.1, 0.15) is 17.7 Å². The summed E-state index contributed by atoms with van der Waals surface area (Å²) in [6, 6.07) is 3.90. The van der Waals surface area contributed by atoms with Crippen molar-refractivity contribution in [2.75, 3.05) is 0 Å². The Morgan fingerprint density at radius 2 is 2.05 bits per heavy atom. The molecular weight excluding hydrogens is 250 g/mol. The zero-order chi connectivity index (χ0) is 13.4. The van der Waals surface area contributed by atoms with Crippen LogP contribution in [0.2, 0.25) is 0 Å². The van der Waals surface area contributed by atoms with Gasteiger partial charge in [-0.25, -0.2) is 9.97 Å². The van der Waals surface area contributed by atoms with E-state index in [1.807, 2.05) is 18.3 Å². The van der Waals surface area contributed by atoms with Crippen LogP contribution in [-0.2, 0) is 0 Å². The fraction of sp³-hybridized carbons (Fsp3) is 0.375. The molecule has 0 radical (unpaired) electrons. The summed E-state index contributed by atoms with van der Waals surface area (Å²) in [4.78, 5) is 12.2. The van der Waals surface area contributed by atoms with Crippen LogP contribution in [0.5, 0.6) is 0 Å². The molecule has 3 aromatic rings. The van der Waals surface area contributed by atoms with Crippen molar-refractivity contribution in [3.8, 4) is 11.3 Å². The summed E-state index contributed by atoms with van der Waals surface area (Å²) in [5, 5.41) is 1.13. The molecule has 102 valence electrons. The van der Waals surface area contributed by atoms with E-state index in [0.717, 1.165) is 22.4 Å². The number of nitrogens with one attached hydrogen (secondary N) is 1. The maximum atomic E-state index is 5.55. The van der Waals surface area contributed by atoms with E-state index in [2.05, 4.69) is 15.0 Å². The lowest BCUT2D eigenvalue weighted by Crippen LogP contribution is -2.07. The highest BCUT2D eigenvalue weighted by molar-refractivity contribution is 5.94. The topological polar surface area (TPSA) is 54.7 Å². The fourth-order valence-electron chi connectivity index (χ4n) is 3.30. The molecule has 0 aliphatic heterocycles. The zero-order valence-electron chi connectivity index (χ0n) is 11.3. The summed E-state index contributed by atoms with van der Waals surface area (Å²) >= 11 is 0. The molecule has 1 aliphatic carbocycles. The number of aromatic amines is 1. The Morgan fingerprint density at radius 1 is 1.15 bits per heavy atom. The molecule has 1 fully saturated rings. The molecule has 0 aromatic carbocycles. The Morgan fingerprint density at radius 3 is 2.85 bits per heavy atom. The van der Waals surface area contributed by atoms with Gasteiger partial charge < -0.3 is 9.40 Å². The number of rotatable bonds is 2. The Kier molecular flexibility index (Phi) is 2.80. The molecule has 0 atom stereocenters. The van der Waals surface area contributed by atoms with Gasteiger partial charge in [-0.3, -0.25) is 0 Å². The van der Waals surface area contributed by atoms with Crippen molar-refractivity contribution >= 4 is 11.0 Å². The highest BCUT2D eigenvalue weighted by Crippen LogP contribution is 2.38. The third kappa shape index (κ3) is 1.83. The van der Waals surface area contributed by atoms with Gasteiger partial charge in [0.15, 0.2) is 0 Å². The van der Waals surface area contributed by atoms with Crippen LogP contribution in [0.15, 0.2) is 35.3 Å². The van der Waals surface area contributed by atoms with Crippen LogP contribution in [0.1, 0.15) is 43.7 Å². The number of hydrogen-bond acceptors (Lipinski definition) is 3. The predicted octanol–water partition coefficient (Wildman–Crippen LogP) is 4.27. The van der Waals surface area contributed by atoms with Gasteiger partial charge in [0.25, 0.3) is 0 Å². The predicted molar refractivity (Wildman–Crippen MR) is 77.4 cm³/mol. The first-order valence-electron chi connectivity index (χ1n) is 7.29. The molecule has 0 amide bonds. The molecule has 1 saturated carbocycles. The molecule has 0 unspecified atom stereocenters. The molecule has 4 rings (SSSR count). The van der Waals surface area contributed by atoms with Crippen LogP contribution >= 0.6 is 0 Å². The first-order chi connectivity index (χ1) is 9.93. The van der Waals surface area contributed by atoms with Crippen molar-refractivity contribution in [3.05, 3.63) is 36.6 Å². The summed E-state index contributed by atoms with van der Waals surface area (Å²) < 4.78 is 5.55. The van der Waals surface area contributed by atoms with Gasteiger partial charge in [-0.15, -0.1) is 0 Å². The molecule has 4 heteroatoms. The van der Waals surface area contributed by atoms with Crippen molar-refractivity contribution in [3.63, 3.8) is 0 Å². The molecule has 1 aliphatic rings. The quantitative estimate of drug-likeness (QED) is 0.754. The lowest BCUT2D eigenvalue weighted by molar-refractivity contribution is 0.438. The number of fused-ring (bicyclic) bond motifs is 1. The molecule has 3 heterocycles. The number of nitrogens with zero attached hydrogens (tertiary/aromatic N) is 2. The normalized spacial score (nSPS) is 16.8. The monoisotopic (exact) mass is 267 g/mol. The summed E-state index contributed by atoms with van der Waals surface area (Å²) in [5.41, 5.74) is 3.17. The lowest BCUT2D eigenvalue weighted by atomic mass is 9.85. The maximum Gasteiger partial charge on any atom is 0.141 e. The van der Waals surface area contributed by atoms with Crippen molar-refractivity contribution in [2.24, 2.45) is 0 Å². The second-order valence-electron chi connectivity index (χ2n) is 5.50. The van der Waals surface area contributed by atoms with Gasteiger partial charge in [-0.2, -0.15) is 0 Å². The molecule has 1 N–H and O–H groups in total. The molecule has 4 nitrogen and oxygen atoms in total. The Balaban J connectivity index is 1.89. The average molecular weight is 267 g/mol. The summed E-state index contributed by atoms with van der Waals surface area (Å²) in [6.07, 6.45) is 11.8. The first-order valence-corrected chi connectivity index (χ1v) is 7.29. The van der Waals surface area contributed by atoms with Crippen LogP contribution in [0.25, 0.3) is 22.4 Å². The SMILES string of the molecule is c1coc(-c2c[nH]c3ncnc(C4CCCCC4)c23)c1. The average Bonchev–Trinajstić information content (AvgIpc) is 3.16. The highest BCUT2D eigenvalue weighted by Gasteiger charge is 2.22. The van der Waals surface area contributed by atoms with Gasteiger partial charge in [0.05, 0.1) is 17.3 Å². The van der Waals surface area contributed by atoms with Gasteiger partial charge in [0, 0.05) is 17.7 Å². The molecule has 0 bridgehead atoms. The first kappa shape index (κ1) is 11.7. The van der Waals surface area contributed by atoms with Gasteiger partial charge in [-0.05, 0) is 25.0 Å². The van der Waals surface area contributed by atoms with E-state index in [9.17, 15) is 0 Å². The summed E-state index contributed by atoms with van der Waals surface area (Å²) in [5.74, 6) is 1.43. The Labute approximate surface area is 117 Å². The minimum absolute atomic E-state index is 0.554. The van der Waals surface area contributed by atoms with Crippen LogP contribution in [0.4, 0.5) is 0 Å². The minimum atomic E-state index is 0.554. The molecule has 0 spiro atoms. The van der Waals surface area contributed by atoms with Crippen molar-refractivity contribution in [2.45, 2.75) is 38.0 Å². The van der Waals surface area contributed by atoms with Crippen molar-refractivity contribution in [1.82, 2.24) is 15.0 Å². The third-order valence-electron chi connectivity index (χ3n) is 4.28. The fourth-order valence-corrected chi connectivity index (χ4v) is 3.30. The zero-order valence-corrected chi connectivity index (χ0v) is 11.3. The van der Waals surface area contributed by atoms with E-state index in [4.69, 9.17) is 4.42 Å². The largest absolute Gasteiger partial charge is 0.464 e. The van der Waals surface area contributed by atoms with Crippen LogP contribution in [0.3, 0.4) is 0 Å². The van der Waals surface area contributed by atoms with Crippen LogP contribution in [-0.4, -0.2) is 15.0 Å². The van der Waals surface area contributed by atoms with E-state index in [1.54, 1.807) is 12.6 Å². The maximum absolute atomic E-state index is 5.55. The van der Waals surface area contributed by atoms with E-state index in [-0.39, 0.29) is 0 Å². The van der Waals surface area contributed by atoms with Crippen LogP contribution < -0.4 is 0 Å². The molecule has 3 aromatic heterocycles. The van der Waals surface area contributed by atoms with Crippen molar-refractivity contribution in [1.29, 1.82) is 0 Å². The minimum Gasteiger partial charge on any atom is -0.464 e. The highest BCUT2D eigenvalue weighted by atomic mass is 16.3. The standard InChI is InChI=1S/C16H17N3O/c1-2-5-11(6-3-1)15-14-12(13-7-4-8-20-13)9-17-16(14)19-10-18-15/h4,7-11H,1-3,5-6H2,(H,17,18,19). The van der Waals surface area contributed by atoms with Crippen molar-refractivity contribution < 1.29 is 4.42 Å².